The van der Waals surface area contributed by atoms with E-state index in [9.17, 15) is 122 Å². The van der Waals surface area contributed by atoms with Crippen molar-refractivity contribution in [1.82, 2.24) is 16.0 Å². The number of carbonyl (C=O) groups is 3. The molecule has 3 amide bonds. The third kappa shape index (κ3) is 17.2. The van der Waals surface area contributed by atoms with Gasteiger partial charge in [0.1, 0.15) is 183 Å². The van der Waals surface area contributed by atoms with Gasteiger partial charge in [-0.2, -0.15) is 0 Å². The van der Waals surface area contributed by atoms with E-state index in [0.717, 1.165) is 20.8 Å². The molecule has 0 aromatic carbocycles. The van der Waals surface area contributed by atoms with Crippen LogP contribution in [-0.4, -0.2) is 410 Å². The molecule has 8 aliphatic rings. The molecule has 8 aliphatic heterocycles. The summed E-state index contributed by atoms with van der Waals surface area (Å²) in [4.78, 5) is 38.7. The number of amides is 3. The molecule has 0 saturated carbocycles. The third-order valence-corrected chi connectivity index (χ3v) is 17.7. The first-order valence-electron chi connectivity index (χ1n) is 30.8. The molecule has 1 unspecified atom stereocenters. The highest BCUT2D eigenvalue weighted by Crippen LogP contribution is 2.38. The highest BCUT2D eigenvalue weighted by Gasteiger charge is 2.59. The van der Waals surface area contributed by atoms with E-state index in [0.29, 0.717) is 0 Å². The van der Waals surface area contributed by atoms with Crippen molar-refractivity contribution < 1.29 is 193 Å². The van der Waals surface area contributed by atoms with Gasteiger partial charge in [-0.1, -0.05) is 0 Å². The molecule has 42 heteroatoms. The molecular weight excluding hydrogens is 1310 g/mol. The standard InChI is InChI=1S/C54H91N3O39/c1-12-26(65)33(72)37(76)50(84-12)94-44-24(56-15(4)63)48(87-19(8-60)30(44)69)83-11-22-32(71)46(96-53-40(79)36(75)29(68)18(7-59)89-53)41(80)54(91-22)93-43-23(55-14(3)62)47(81)86-21(31(43)70)10-82-49-25(57-16(5)64)45(95-51-38(77)34(73)27(66)13(2)85-51)42(20(9-61)90-49)92-52-39(78)35(74)28(67)17(6-58)88-52/h12-13,17-54,58-61,65-81H,6-11H2,1-5H3,(H,55,62)(H,56,63)(H,57,64)/t12-,13-,17+,18+,19+,20+,21+,22+,23+,24+,25+,26+,27+,28-,29-,30+,31-,32-,33+,34+,35-,36-,37-,38-,39+,40+,41+,42+,43+,44+,45+,46-,47?,48+,49+,50-,51-,52-,53-,54-/m0/s1. The minimum absolute atomic E-state index is 0.828. The van der Waals surface area contributed by atoms with Gasteiger partial charge in [0.25, 0.3) is 0 Å². The molecule has 0 aromatic heterocycles. The molecule has 0 bridgehead atoms. The van der Waals surface area contributed by atoms with Crippen molar-refractivity contribution >= 4 is 17.7 Å². The lowest BCUT2D eigenvalue weighted by Gasteiger charge is -2.50. The zero-order valence-electron chi connectivity index (χ0n) is 52.1. The number of aliphatic hydroxyl groups is 21. The quantitative estimate of drug-likeness (QED) is 0.0452. The van der Waals surface area contributed by atoms with Crippen LogP contribution in [0.1, 0.15) is 34.6 Å². The minimum atomic E-state index is -2.38. The van der Waals surface area contributed by atoms with Crippen molar-refractivity contribution in [1.29, 1.82) is 0 Å². The minimum Gasteiger partial charge on any atom is -0.394 e. The second-order valence-corrected chi connectivity index (χ2v) is 24.6. The smallest absolute Gasteiger partial charge is 0.217 e. The molecule has 0 aromatic rings. The van der Waals surface area contributed by atoms with Crippen LogP contribution in [0.2, 0.25) is 0 Å². The second kappa shape index (κ2) is 33.8. The highest BCUT2D eigenvalue weighted by molar-refractivity contribution is 5.74. The van der Waals surface area contributed by atoms with Crippen LogP contribution in [0.5, 0.6) is 0 Å². The molecule has 0 aliphatic carbocycles. The lowest BCUT2D eigenvalue weighted by atomic mass is 9.94. The van der Waals surface area contributed by atoms with Crippen molar-refractivity contribution in [3.63, 3.8) is 0 Å². The van der Waals surface area contributed by atoms with Crippen molar-refractivity contribution in [2.75, 3.05) is 39.6 Å². The Morgan fingerprint density at radius 3 is 1.02 bits per heavy atom. The average molecular weight is 1410 g/mol. The molecule has 8 rings (SSSR count). The van der Waals surface area contributed by atoms with Crippen LogP contribution in [-0.2, 0) is 85.4 Å². The fraction of sp³-hybridized carbons (Fsp3) is 0.944. The first-order valence-corrected chi connectivity index (χ1v) is 30.8. The Kier molecular flexibility index (Phi) is 27.7. The van der Waals surface area contributed by atoms with Crippen LogP contribution >= 0.6 is 0 Å². The van der Waals surface area contributed by atoms with Crippen LogP contribution in [0.4, 0.5) is 0 Å². The molecule has 24 N–H and O–H groups in total. The first-order chi connectivity index (χ1) is 45.3. The van der Waals surface area contributed by atoms with Gasteiger partial charge in [-0.25, -0.2) is 0 Å². The Balaban J connectivity index is 1.09. The average Bonchev–Trinajstić information content (AvgIpc) is 0.777. The molecule has 96 heavy (non-hydrogen) atoms. The van der Waals surface area contributed by atoms with Gasteiger partial charge in [0, 0.05) is 20.8 Å². The van der Waals surface area contributed by atoms with Crippen LogP contribution in [0, 0.1) is 0 Å². The summed E-state index contributed by atoms with van der Waals surface area (Å²) < 4.78 is 88.4. The SMILES string of the molecule is CC(=O)N[C@H]1[C@H](OC[C@H]2OC(O)[C@H](NC(C)=O)[C@@H](O[C@@H]3O[C@H](CO[C@@H]4O[C@H](CO)[C@@H](O)[C@H](O[C@@H]5O[C@@H](C)[C@@H](O)[C@@H](O)[C@@H]5O)[C@H]4NC(C)=O)[C@H](O)[C@H](O[C@@H]4O[C@H](CO)[C@H](O)[C@H](O)[C@H]4O)[C@H]3O)[C@H]2O)O[C@H](CO)[C@@H](O[C@@H]2O[C@H](CO)[C@H](O)[C@H](O)[C@H]2O)[C@@H]1O[C@@H]1O[C@@H](C)[C@@H](O)[C@@H](O)[C@@H]1O. The summed E-state index contributed by atoms with van der Waals surface area (Å²) in [5.41, 5.74) is 0. The predicted molar refractivity (Wildman–Crippen MR) is 296 cm³/mol. The Labute approximate surface area is 545 Å². The number of carbonyl (C=O) groups excluding carboxylic acids is 3. The number of hydrogen-bond acceptors (Lipinski definition) is 39. The van der Waals surface area contributed by atoms with Gasteiger partial charge in [-0.3, -0.25) is 14.4 Å². The maximum atomic E-state index is 13.1. The van der Waals surface area contributed by atoms with Crippen molar-refractivity contribution in [3.05, 3.63) is 0 Å². The van der Waals surface area contributed by atoms with Gasteiger partial charge in [0.2, 0.25) is 17.7 Å². The van der Waals surface area contributed by atoms with Gasteiger partial charge >= 0.3 is 0 Å². The summed E-state index contributed by atoms with van der Waals surface area (Å²) in [6, 6.07) is -5.34. The lowest BCUT2D eigenvalue weighted by molar-refractivity contribution is -0.381. The molecule has 8 fully saturated rings. The zero-order chi connectivity index (χ0) is 70.8. The third-order valence-electron chi connectivity index (χ3n) is 17.7. The van der Waals surface area contributed by atoms with E-state index < -0.39 is 303 Å². The van der Waals surface area contributed by atoms with E-state index in [2.05, 4.69) is 16.0 Å². The normalized spacial score (nSPS) is 50.3. The Morgan fingerprint density at radius 2 is 0.583 bits per heavy atom. The van der Waals surface area contributed by atoms with Gasteiger partial charge in [0.05, 0.1) is 51.8 Å². The number of aliphatic hydroxyl groups excluding tert-OH is 21. The van der Waals surface area contributed by atoms with Crippen molar-refractivity contribution in [3.8, 4) is 0 Å². The second-order valence-electron chi connectivity index (χ2n) is 24.6. The number of hydrogen-bond donors (Lipinski definition) is 24. The zero-order valence-corrected chi connectivity index (χ0v) is 52.1. The Morgan fingerprint density at radius 1 is 0.292 bits per heavy atom. The molecule has 8 saturated heterocycles. The van der Waals surface area contributed by atoms with Gasteiger partial charge in [0.15, 0.2) is 50.3 Å². The van der Waals surface area contributed by atoms with Gasteiger partial charge < -0.3 is 194 Å². The van der Waals surface area contributed by atoms with E-state index in [1.54, 1.807) is 0 Å². The maximum Gasteiger partial charge on any atom is 0.217 e. The fourth-order valence-electron chi connectivity index (χ4n) is 12.4. The maximum absolute atomic E-state index is 13.1. The van der Waals surface area contributed by atoms with Crippen LogP contribution in [0.15, 0.2) is 0 Å². The summed E-state index contributed by atoms with van der Waals surface area (Å²) >= 11 is 0. The fourth-order valence-corrected chi connectivity index (χ4v) is 12.4. The van der Waals surface area contributed by atoms with E-state index in [4.69, 9.17) is 71.1 Å². The molecule has 0 radical (unpaired) electrons. The monoisotopic (exact) mass is 1410 g/mol. The number of rotatable bonds is 23. The predicted octanol–water partition coefficient (Wildman–Crippen LogP) is -16.0. The van der Waals surface area contributed by atoms with Gasteiger partial charge in [-0.05, 0) is 13.8 Å². The topological polar surface area (TPSA) is 651 Å². The molecule has 8 heterocycles. The van der Waals surface area contributed by atoms with Crippen LogP contribution < -0.4 is 16.0 Å². The summed E-state index contributed by atoms with van der Waals surface area (Å²) in [7, 11) is 0. The summed E-state index contributed by atoms with van der Waals surface area (Å²) in [5.74, 6) is -2.62. The molecule has 0 spiro atoms. The molecule has 40 atom stereocenters. The number of nitrogens with one attached hydrogen (secondary N) is 3. The van der Waals surface area contributed by atoms with E-state index in [1.165, 1.54) is 13.8 Å². The van der Waals surface area contributed by atoms with E-state index in [-0.39, 0.29) is 0 Å². The largest absolute Gasteiger partial charge is 0.394 e. The van der Waals surface area contributed by atoms with E-state index in [1.807, 2.05) is 0 Å². The van der Waals surface area contributed by atoms with Crippen molar-refractivity contribution in [2.24, 2.45) is 0 Å². The Bertz CT molecular complexity index is 2470. The molecule has 42 nitrogen and oxygen atoms in total. The molecule has 556 valence electrons. The van der Waals surface area contributed by atoms with Crippen LogP contribution in [0.3, 0.4) is 0 Å². The summed E-state index contributed by atoms with van der Waals surface area (Å²) in [6.07, 6.45) is -71.1. The first kappa shape index (κ1) is 78.7. The van der Waals surface area contributed by atoms with Crippen molar-refractivity contribution in [2.45, 2.75) is 280 Å². The Hall–Kier alpha value is -3.03. The summed E-state index contributed by atoms with van der Waals surface area (Å²) in [6.45, 7) is -0.386. The van der Waals surface area contributed by atoms with Crippen LogP contribution in [0.25, 0.3) is 0 Å². The number of ether oxygens (including phenoxy) is 15. The lowest BCUT2D eigenvalue weighted by Crippen LogP contribution is -2.70. The molecular formula is C54H91N3O39. The summed E-state index contributed by atoms with van der Waals surface area (Å²) in [5, 5.41) is 237. The highest BCUT2D eigenvalue weighted by atomic mass is 16.8. The van der Waals surface area contributed by atoms with Gasteiger partial charge in [-0.15, -0.1) is 0 Å². The van der Waals surface area contributed by atoms with E-state index >= 15 is 0 Å².